The minimum atomic E-state index is 0.632. The van der Waals surface area contributed by atoms with E-state index in [1.165, 1.54) is 37.7 Å². The molecule has 19 heavy (non-hydrogen) atoms. The fourth-order valence-corrected chi connectivity index (χ4v) is 4.61. The number of alkyl halides is 1. The lowest BCUT2D eigenvalue weighted by atomic mass is 9.81. The summed E-state index contributed by atoms with van der Waals surface area (Å²) in [5.41, 5.74) is 1.37. The zero-order valence-corrected chi connectivity index (χ0v) is 12.8. The van der Waals surface area contributed by atoms with Crippen molar-refractivity contribution in [1.82, 2.24) is 0 Å². The van der Waals surface area contributed by atoms with E-state index in [-0.39, 0.29) is 0 Å². The summed E-state index contributed by atoms with van der Waals surface area (Å²) in [6, 6.07) is 8.25. The smallest absolute Gasteiger partial charge is 0.0406 e. The predicted molar refractivity (Wildman–Crippen MR) is 82.9 cm³/mol. The molecule has 0 spiro atoms. The van der Waals surface area contributed by atoms with Crippen LogP contribution in [0.25, 0.3) is 0 Å². The Labute approximate surface area is 126 Å². The molecule has 3 rings (SSSR count). The number of hydrogen-bond acceptors (Lipinski definition) is 0. The van der Waals surface area contributed by atoms with Gasteiger partial charge < -0.3 is 0 Å². The molecule has 2 fully saturated rings. The summed E-state index contributed by atoms with van der Waals surface area (Å²) >= 11 is 12.1. The van der Waals surface area contributed by atoms with Crippen LogP contribution in [0.3, 0.4) is 0 Å². The van der Waals surface area contributed by atoms with E-state index >= 15 is 0 Å². The van der Waals surface area contributed by atoms with Crippen LogP contribution in [-0.4, -0.2) is 5.88 Å². The second-order valence-electron chi connectivity index (χ2n) is 6.52. The Morgan fingerprint density at radius 2 is 1.89 bits per heavy atom. The summed E-state index contributed by atoms with van der Waals surface area (Å²) < 4.78 is 0. The van der Waals surface area contributed by atoms with E-state index in [1.807, 2.05) is 12.1 Å². The van der Waals surface area contributed by atoms with E-state index < -0.39 is 0 Å². The van der Waals surface area contributed by atoms with Crippen LogP contribution in [0.2, 0.25) is 5.02 Å². The molecule has 1 aromatic rings. The predicted octanol–water partition coefficient (Wildman–Crippen LogP) is 5.56. The summed E-state index contributed by atoms with van der Waals surface area (Å²) in [6.45, 7) is 0. The minimum Gasteiger partial charge on any atom is -0.126 e. The maximum atomic E-state index is 6.20. The summed E-state index contributed by atoms with van der Waals surface area (Å²) in [5, 5.41) is 0.819. The normalized spacial score (nSPS) is 30.7. The summed E-state index contributed by atoms with van der Waals surface area (Å²) in [6.07, 6.45) is 8.37. The lowest BCUT2D eigenvalue weighted by molar-refractivity contribution is 0.276. The lowest BCUT2D eigenvalue weighted by Gasteiger charge is -2.25. The Morgan fingerprint density at radius 1 is 1.11 bits per heavy atom. The average molecular weight is 297 g/mol. The Bertz CT molecular complexity index is 412. The molecule has 1 aromatic carbocycles. The van der Waals surface area contributed by atoms with Gasteiger partial charge in [0.25, 0.3) is 0 Å². The number of halogens is 2. The van der Waals surface area contributed by atoms with Gasteiger partial charge in [-0.2, -0.15) is 0 Å². The van der Waals surface area contributed by atoms with Gasteiger partial charge in [0, 0.05) is 10.9 Å². The molecule has 2 aliphatic carbocycles. The molecule has 2 heteroatoms. The number of rotatable bonds is 5. The largest absolute Gasteiger partial charge is 0.126 e. The van der Waals surface area contributed by atoms with Crippen molar-refractivity contribution in [2.45, 2.75) is 38.5 Å². The van der Waals surface area contributed by atoms with Gasteiger partial charge in [0.2, 0.25) is 0 Å². The molecule has 0 aromatic heterocycles. The number of benzene rings is 1. The molecule has 0 radical (unpaired) electrons. The van der Waals surface area contributed by atoms with Gasteiger partial charge in [-0.15, -0.1) is 11.6 Å². The van der Waals surface area contributed by atoms with Crippen molar-refractivity contribution in [3.8, 4) is 0 Å². The van der Waals surface area contributed by atoms with Gasteiger partial charge in [-0.05, 0) is 73.5 Å². The quantitative estimate of drug-likeness (QED) is 0.624. The first kappa shape index (κ1) is 13.8. The van der Waals surface area contributed by atoms with Gasteiger partial charge in [0.15, 0.2) is 0 Å². The van der Waals surface area contributed by atoms with Crippen molar-refractivity contribution in [2.75, 3.05) is 5.88 Å². The molecule has 2 saturated carbocycles. The maximum Gasteiger partial charge on any atom is 0.0406 e. The first-order valence-electron chi connectivity index (χ1n) is 7.55. The Morgan fingerprint density at radius 3 is 2.47 bits per heavy atom. The van der Waals surface area contributed by atoms with Gasteiger partial charge in [-0.25, -0.2) is 0 Å². The Kier molecular flexibility index (Phi) is 4.39. The van der Waals surface area contributed by atoms with E-state index in [9.17, 15) is 0 Å². The average Bonchev–Trinajstić information content (AvgIpc) is 3.03. The van der Waals surface area contributed by atoms with Crippen LogP contribution in [0.15, 0.2) is 24.3 Å². The summed E-state index contributed by atoms with van der Waals surface area (Å²) in [7, 11) is 0. The van der Waals surface area contributed by atoms with Gasteiger partial charge in [0.05, 0.1) is 0 Å². The van der Waals surface area contributed by atoms with Crippen molar-refractivity contribution in [3.05, 3.63) is 34.9 Å². The molecule has 4 atom stereocenters. The van der Waals surface area contributed by atoms with Crippen LogP contribution in [0.1, 0.15) is 37.7 Å². The third-order valence-corrected chi connectivity index (χ3v) is 5.86. The highest BCUT2D eigenvalue weighted by Gasteiger charge is 2.39. The van der Waals surface area contributed by atoms with Crippen molar-refractivity contribution in [1.29, 1.82) is 0 Å². The molecular formula is C17H22Cl2. The fraction of sp³-hybridized carbons (Fsp3) is 0.647. The van der Waals surface area contributed by atoms with E-state index in [1.54, 1.807) is 0 Å². The van der Waals surface area contributed by atoms with Gasteiger partial charge in [-0.1, -0.05) is 30.2 Å². The molecule has 0 saturated heterocycles. The van der Waals surface area contributed by atoms with Crippen LogP contribution in [-0.2, 0) is 6.42 Å². The number of fused-ring (bicyclic) bond motifs is 2. The fourth-order valence-electron chi connectivity index (χ4n) is 4.25. The van der Waals surface area contributed by atoms with Crippen molar-refractivity contribution in [2.24, 2.45) is 23.7 Å². The van der Waals surface area contributed by atoms with Crippen molar-refractivity contribution < 1.29 is 0 Å². The van der Waals surface area contributed by atoms with Crippen LogP contribution in [0, 0.1) is 23.7 Å². The van der Waals surface area contributed by atoms with Gasteiger partial charge in [0.1, 0.15) is 0 Å². The van der Waals surface area contributed by atoms with Gasteiger partial charge in [-0.3, -0.25) is 0 Å². The lowest BCUT2D eigenvalue weighted by Crippen LogP contribution is -2.17. The molecule has 0 heterocycles. The first-order valence-corrected chi connectivity index (χ1v) is 8.46. The van der Waals surface area contributed by atoms with Crippen LogP contribution in [0.4, 0.5) is 0 Å². The third-order valence-electron chi connectivity index (χ3n) is 5.18. The van der Waals surface area contributed by atoms with E-state index in [2.05, 4.69) is 12.1 Å². The highest BCUT2D eigenvalue weighted by Crippen LogP contribution is 2.50. The third kappa shape index (κ3) is 3.28. The van der Waals surface area contributed by atoms with Crippen molar-refractivity contribution in [3.63, 3.8) is 0 Å². The SMILES string of the molecule is ClCC(Cc1ccc(Cl)cc1)CC1CC2CCC1C2. The van der Waals surface area contributed by atoms with E-state index in [4.69, 9.17) is 23.2 Å². The summed E-state index contributed by atoms with van der Waals surface area (Å²) in [4.78, 5) is 0. The monoisotopic (exact) mass is 296 g/mol. The standard InChI is InChI=1S/C17H22Cl2/c18-11-14(7-12-2-5-17(19)6-3-12)10-16-9-13-1-4-15(16)8-13/h2-3,5-6,13-16H,1,4,7-11H2. The highest BCUT2D eigenvalue weighted by molar-refractivity contribution is 6.30. The van der Waals surface area contributed by atoms with E-state index in [0.29, 0.717) is 5.92 Å². The molecule has 2 bridgehead atoms. The Balaban J connectivity index is 1.57. The molecule has 0 aliphatic heterocycles. The maximum absolute atomic E-state index is 6.20. The molecule has 2 aliphatic rings. The molecule has 0 nitrogen and oxygen atoms in total. The topological polar surface area (TPSA) is 0 Å². The second-order valence-corrected chi connectivity index (χ2v) is 7.27. The zero-order chi connectivity index (χ0) is 13.2. The second kappa shape index (κ2) is 6.06. The molecule has 4 unspecified atom stereocenters. The Hall–Kier alpha value is -0.200. The zero-order valence-electron chi connectivity index (χ0n) is 11.3. The van der Waals surface area contributed by atoms with Gasteiger partial charge >= 0.3 is 0 Å². The highest BCUT2D eigenvalue weighted by atomic mass is 35.5. The molecule has 0 amide bonds. The molecular weight excluding hydrogens is 275 g/mol. The number of hydrogen-bond donors (Lipinski definition) is 0. The first-order chi connectivity index (χ1) is 9.24. The van der Waals surface area contributed by atoms with Crippen LogP contribution < -0.4 is 0 Å². The minimum absolute atomic E-state index is 0.632. The summed E-state index contributed by atoms with van der Waals surface area (Å²) in [5.74, 6) is 4.43. The van der Waals surface area contributed by atoms with Crippen LogP contribution >= 0.6 is 23.2 Å². The van der Waals surface area contributed by atoms with Crippen molar-refractivity contribution >= 4 is 23.2 Å². The molecule has 0 N–H and O–H groups in total. The molecule has 104 valence electrons. The van der Waals surface area contributed by atoms with Crippen LogP contribution in [0.5, 0.6) is 0 Å². The van der Waals surface area contributed by atoms with E-state index in [0.717, 1.165) is 35.1 Å².